The molecule has 0 aliphatic carbocycles. The van der Waals surface area contributed by atoms with E-state index in [2.05, 4.69) is 5.32 Å². The highest BCUT2D eigenvalue weighted by Gasteiger charge is 2.27. The standard InChI is InChI=1S/C16H24N2O2/c1-13(20-15-8-4-3-5-9-15)16(19)18-10-6-7-14(12-18)11-17-2/h3-5,8-9,13-14,17H,6-7,10-12H2,1-2H3. The van der Waals surface area contributed by atoms with Crippen molar-refractivity contribution in [3.63, 3.8) is 0 Å². The zero-order valence-electron chi connectivity index (χ0n) is 12.3. The van der Waals surface area contributed by atoms with Crippen LogP contribution in [0.15, 0.2) is 30.3 Å². The third kappa shape index (κ3) is 3.97. The van der Waals surface area contributed by atoms with Gasteiger partial charge in [-0.2, -0.15) is 0 Å². The van der Waals surface area contributed by atoms with Crippen LogP contribution in [-0.4, -0.2) is 43.6 Å². The number of likely N-dealkylation sites (tertiary alicyclic amines) is 1. The Bertz CT molecular complexity index is 420. The zero-order chi connectivity index (χ0) is 14.4. The van der Waals surface area contributed by atoms with Crippen molar-refractivity contribution in [3.8, 4) is 5.75 Å². The van der Waals surface area contributed by atoms with Crippen molar-refractivity contribution in [2.24, 2.45) is 5.92 Å². The van der Waals surface area contributed by atoms with E-state index in [1.165, 1.54) is 6.42 Å². The van der Waals surface area contributed by atoms with Gasteiger partial charge in [0.25, 0.3) is 5.91 Å². The van der Waals surface area contributed by atoms with E-state index in [0.29, 0.717) is 5.92 Å². The number of carbonyl (C=O) groups is 1. The number of rotatable bonds is 5. The molecule has 1 aromatic rings. The van der Waals surface area contributed by atoms with E-state index >= 15 is 0 Å². The Morgan fingerprint density at radius 3 is 2.90 bits per heavy atom. The summed E-state index contributed by atoms with van der Waals surface area (Å²) in [7, 11) is 1.96. The lowest BCUT2D eigenvalue weighted by atomic mass is 9.97. The second-order valence-corrected chi connectivity index (χ2v) is 5.42. The van der Waals surface area contributed by atoms with E-state index in [0.717, 1.165) is 31.8 Å². The molecular weight excluding hydrogens is 252 g/mol. The maximum Gasteiger partial charge on any atom is 0.263 e. The minimum absolute atomic E-state index is 0.0923. The van der Waals surface area contributed by atoms with Crippen molar-refractivity contribution in [2.45, 2.75) is 25.9 Å². The van der Waals surface area contributed by atoms with Crippen LogP contribution in [0.1, 0.15) is 19.8 Å². The number of nitrogens with one attached hydrogen (secondary N) is 1. The third-order valence-corrected chi connectivity index (χ3v) is 3.73. The molecule has 1 amide bonds. The van der Waals surface area contributed by atoms with Gasteiger partial charge >= 0.3 is 0 Å². The minimum atomic E-state index is -0.425. The second kappa shape index (κ2) is 7.29. The summed E-state index contributed by atoms with van der Waals surface area (Å²) in [5.74, 6) is 1.40. The van der Waals surface area contributed by atoms with Crippen LogP contribution in [-0.2, 0) is 4.79 Å². The van der Waals surface area contributed by atoms with E-state index in [-0.39, 0.29) is 5.91 Å². The quantitative estimate of drug-likeness (QED) is 0.893. The molecule has 2 unspecified atom stereocenters. The highest BCUT2D eigenvalue weighted by molar-refractivity contribution is 5.81. The second-order valence-electron chi connectivity index (χ2n) is 5.42. The van der Waals surface area contributed by atoms with Gasteiger partial charge in [-0.15, -0.1) is 0 Å². The van der Waals surface area contributed by atoms with Crippen LogP contribution >= 0.6 is 0 Å². The Hall–Kier alpha value is -1.55. The number of para-hydroxylation sites is 1. The molecule has 110 valence electrons. The normalized spacial score (nSPS) is 20.5. The lowest BCUT2D eigenvalue weighted by molar-refractivity contribution is -0.139. The monoisotopic (exact) mass is 276 g/mol. The van der Waals surface area contributed by atoms with Crippen LogP contribution < -0.4 is 10.1 Å². The number of carbonyl (C=O) groups excluding carboxylic acids is 1. The molecular formula is C16H24N2O2. The molecule has 1 heterocycles. The van der Waals surface area contributed by atoms with Gasteiger partial charge in [-0.1, -0.05) is 18.2 Å². The molecule has 1 aliphatic rings. The summed E-state index contributed by atoms with van der Waals surface area (Å²) >= 11 is 0. The topological polar surface area (TPSA) is 41.6 Å². The van der Waals surface area contributed by atoms with Crippen LogP contribution in [0.2, 0.25) is 0 Å². The summed E-state index contributed by atoms with van der Waals surface area (Å²) in [5, 5.41) is 3.20. The zero-order valence-corrected chi connectivity index (χ0v) is 12.3. The Morgan fingerprint density at radius 2 is 2.20 bits per heavy atom. The van der Waals surface area contributed by atoms with Gasteiger partial charge in [-0.3, -0.25) is 4.79 Å². The van der Waals surface area contributed by atoms with Crippen molar-refractivity contribution in [1.82, 2.24) is 10.2 Å². The Morgan fingerprint density at radius 1 is 1.45 bits per heavy atom. The van der Waals surface area contributed by atoms with Gasteiger partial charge in [-0.25, -0.2) is 0 Å². The summed E-state index contributed by atoms with van der Waals surface area (Å²) in [6.07, 6.45) is 1.85. The van der Waals surface area contributed by atoms with Gasteiger partial charge in [0, 0.05) is 13.1 Å². The predicted octanol–water partition coefficient (Wildman–Crippen LogP) is 1.91. The summed E-state index contributed by atoms with van der Waals surface area (Å²) in [4.78, 5) is 14.4. The fourth-order valence-corrected chi connectivity index (χ4v) is 2.73. The maximum atomic E-state index is 12.4. The summed E-state index contributed by atoms with van der Waals surface area (Å²) in [5.41, 5.74) is 0. The van der Waals surface area contributed by atoms with Gasteiger partial charge in [0.15, 0.2) is 6.10 Å². The van der Waals surface area contributed by atoms with Crippen LogP contribution in [0.5, 0.6) is 5.75 Å². The number of hydrogen-bond acceptors (Lipinski definition) is 3. The Labute approximate surface area is 121 Å². The maximum absolute atomic E-state index is 12.4. The molecule has 4 nitrogen and oxygen atoms in total. The molecule has 2 atom stereocenters. The van der Waals surface area contributed by atoms with Crippen LogP contribution in [0.3, 0.4) is 0 Å². The average molecular weight is 276 g/mol. The lowest BCUT2D eigenvalue weighted by Gasteiger charge is -2.34. The molecule has 0 radical (unpaired) electrons. The molecule has 1 aliphatic heterocycles. The van der Waals surface area contributed by atoms with E-state index in [4.69, 9.17) is 4.74 Å². The van der Waals surface area contributed by atoms with Crippen LogP contribution in [0.25, 0.3) is 0 Å². The molecule has 1 N–H and O–H groups in total. The third-order valence-electron chi connectivity index (χ3n) is 3.73. The number of benzene rings is 1. The average Bonchev–Trinajstić information content (AvgIpc) is 2.48. The largest absolute Gasteiger partial charge is 0.481 e. The van der Waals surface area contributed by atoms with Crippen LogP contribution in [0.4, 0.5) is 0 Å². The number of amides is 1. The fourth-order valence-electron chi connectivity index (χ4n) is 2.73. The highest BCUT2D eigenvalue weighted by Crippen LogP contribution is 2.18. The van der Waals surface area contributed by atoms with E-state index < -0.39 is 6.10 Å². The molecule has 0 saturated carbocycles. The van der Waals surface area contributed by atoms with Gasteiger partial charge in [0.1, 0.15) is 5.75 Å². The molecule has 4 heteroatoms. The van der Waals surface area contributed by atoms with Gasteiger partial charge in [-0.05, 0) is 51.4 Å². The van der Waals surface area contributed by atoms with E-state index in [1.54, 1.807) is 0 Å². The fraction of sp³-hybridized carbons (Fsp3) is 0.562. The van der Waals surface area contributed by atoms with Crippen molar-refractivity contribution >= 4 is 5.91 Å². The molecule has 1 fully saturated rings. The van der Waals surface area contributed by atoms with E-state index in [9.17, 15) is 4.79 Å². The molecule has 2 rings (SSSR count). The highest BCUT2D eigenvalue weighted by atomic mass is 16.5. The van der Waals surface area contributed by atoms with Crippen molar-refractivity contribution in [2.75, 3.05) is 26.7 Å². The Balaban J connectivity index is 1.89. The summed E-state index contributed by atoms with van der Waals surface area (Å²) in [6.45, 7) is 4.48. The first kappa shape index (κ1) is 14.9. The van der Waals surface area contributed by atoms with Crippen molar-refractivity contribution < 1.29 is 9.53 Å². The molecule has 20 heavy (non-hydrogen) atoms. The Kier molecular flexibility index (Phi) is 5.41. The van der Waals surface area contributed by atoms with Gasteiger partial charge in [0.2, 0.25) is 0 Å². The summed E-state index contributed by atoms with van der Waals surface area (Å²) < 4.78 is 5.72. The van der Waals surface area contributed by atoms with Gasteiger partial charge in [0.05, 0.1) is 0 Å². The predicted molar refractivity (Wildman–Crippen MR) is 79.8 cm³/mol. The molecule has 0 aromatic heterocycles. The first-order chi connectivity index (χ1) is 9.70. The number of piperidine rings is 1. The van der Waals surface area contributed by atoms with Gasteiger partial charge < -0.3 is 15.0 Å². The van der Waals surface area contributed by atoms with Crippen molar-refractivity contribution in [3.05, 3.63) is 30.3 Å². The number of hydrogen-bond donors (Lipinski definition) is 1. The number of nitrogens with zero attached hydrogens (tertiary/aromatic N) is 1. The molecule has 0 bridgehead atoms. The SMILES string of the molecule is CNCC1CCCN(C(=O)C(C)Oc2ccccc2)C1. The lowest BCUT2D eigenvalue weighted by Crippen LogP contribution is -2.47. The first-order valence-electron chi connectivity index (χ1n) is 7.36. The smallest absolute Gasteiger partial charge is 0.263 e. The molecule has 1 aromatic carbocycles. The van der Waals surface area contributed by atoms with Crippen LogP contribution in [0, 0.1) is 5.92 Å². The van der Waals surface area contributed by atoms with Crippen molar-refractivity contribution in [1.29, 1.82) is 0 Å². The first-order valence-corrected chi connectivity index (χ1v) is 7.36. The molecule has 1 saturated heterocycles. The molecule has 0 spiro atoms. The number of ether oxygens (including phenoxy) is 1. The minimum Gasteiger partial charge on any atom is -0.481 e. The summed E-state index contributed by atoms with van der Waals surface area (Å²) in [6, 6.07) is 9.52. The van der Waals surface area contributed by atoms with E-state index in [1.807, 2.05) is 49.2 Å².